The van der Waals surface area contributed by atoms with E-state index in [0.717, 1.165) is 5.56 Å². The second kappa shape index (κ2) is 5.93. The predicted molar refractivity (Wildman–Crippen MR) is 88.0 cm³/mol. The fourth-order valence-electron chi connectivity index (χ4n) is 2.62. The molecule has 1 aliphatic heterocycles. The third-order valence-corrected chi connectivity index (χ3v) is 3.66. The Bertz CT molecular complexity index is 697. The Labute approximate surface area is 129 Å². The van der Waals surface area contributed by atoms with E-state index in [4.69, 9.17) is 10.5 Å². The van der Waals surface area contributed by atoms with Crippen LogP contribution in [0.2, 0.25) is 0 Å². The maximum Gasteiger partial charge on any atom is 0.268 e. The van der Waals surface area contributed by atoms with Crippen LogP contribution in [0, 0.1) is 0 Å². The monoisotopic (exact) mass is 294 g/mol. The molecule has 0 fully saturated rings. The summed E-state index contributed by atoms with van der Waals surface area (Å²) in [7, 11) is 0. The van der Waals surface area contributed by atoms with Crippen molar-refractivity contribution in [1.82, 2.24) is 0 Å². The molecule has 2 aromatic rings. The van der Waals surface area contributed by atoms with Gasteiger partial charge in [-0.3, -0.25) is 4.79 Å². The van der Waals surface area contributed by atoms with E-state index in [1.54, 1.807) is 23.1 Å². The average Bonchev–Trinajstić information content (AvgIpc) is 2.53. The van der Waals surface area contributed by atoms with Gasteiger partial charge in [-0.1, -0.05) is 36.4 Å². The fourth-order valence-corrected chi connectivity index (χ4v) is 2.62. The Balaban J connectivity index is 1.93. The van der Waals surface area contributed by atoms with Crippen LogP contribution in [0.1, 0.15) is 5.56 Å². The zero-order valence-corrected chi connectivity index (χ0v) is 12.2. The minimum Gasteiger partial charge on any atom is -0.478 e. The van der Waals surface area contributed by atoms with E-state index in [1.165, 1.54) is 0 Å². The third kappa shape index (κ3) is 2.68. The summed E-state index contributed by atoms with van der Waals surface area (Å²) in [6.45, 7) is 4.16. The van der Waals surface area contributed by atoms with Gasteiger partial charge in [-0.2, -0.15) is 0 Å². The average molecular weight is 294 g/mol. The van der Waals surface area contributed by atoms with Crippen molar-refractivity contribution in [3.8, 4) is 5.75 Å². The molecule has 0 saturated heterocycles. The summed E-state index contributed by atoms with van der Waals surface area (Å²) >= 11 is 0. The number of amides is 1. The van der Waals surface area contributed by atoms with E-state index < -0.39 is 6.10 Å². The van der Waals surface area contributed by atoms with Crippen LogP contribution in [0.15, 0.2) is 61.2 Å². The van der Waals surface area contributed by atoms with Gasteiger partial charge >= 0.3 is 0 Å². The van der Waals surface area contributed by atoms with Crippen LogP contribution in [0.5, 0.6) is 5.75 Å². The maximum atomic E-state index is 12.7. The lowest BCUT2D eigenvalue weighted by Gasteiger charge is -2.34. The van der Waals surface area contributed by atoms with Crippen molar-refractivity contribution in [1.29, 1.82) is 0 Å². The van der Waals surface area contributed by atoms with Gasteiger partial charge in [0.2, 0.25) is 0 Å². The summed E-state index contributed by atoms with van der Waals surface area (Å²) in [5.41, 5.74) is 8.20. The van der Waals surface area contributed by atoms with Crippen molar-refractivity contribution in [2.24, 2.45) is 0 Å². The van der Waals surface area contributed by atoms with Crippen LogP contribution in [0.4, 0.5) is 11.4 Å². The van der Waals surface area contributed by atoms with Crippen LogP contribution >= 0.6 is 0 Å². The van der Waals surface area contributed by atoms with E-state index in [0.29, 0.717) is 30.1 Å². The molecular formula is C18H18N2O2. The number of nitrogen functional groups attached to an aromatic ring is 1. The summed E-state index contributed by atoms with van der Waals surface area (Å²) < 4.78 is 5.90. The largest absolute Gasteiger partial charge is 0.478 e. The molecule has 112 valence electrons. The molecule has 0 bridgehead atoms. The van der Waals surface area contributed by atoms with Gasteiger partial charge < -0.3 is 15.4 Å². The molecular weight excluding hydrogens is 276 g/mol. The van der Waals surface area contributed by atoms with Gasteiger partial charge in [-0.25, -0.2) is 0 Å². The molecule has 1 amide bonds. The predicted octanol–water partition coefficient (Wildman–Crippen LogP) is 2.79. The summed E-state index contributed by atoms with van der Waals surface area (Å²) in [5, 5.41) is 0. The number of fused-ring (bicyclic) bond motifs is 1. The summed E-state index contributed by atoms with van der Waals surface area (Å²) in [6.07, 6.45) is 1.71. The molecule has 1 heterocycles. The first-order chi connectivity index (χ1) is 10.7. The number of anilines is 2. The number of ether oxygens (including phenoxy) is 1. The first-order valence-electron chi connectivity index (χ1n) is 7.21. The van der Waals surface area contributed by atoms with Gasteiger partial charge in [0, 0.05) is 18.7 Å². The number of carbonyl (C=O) groups is 1. The molecule has 2 aromatic carbocycles. The molecule has 22 heavy (non-hydrogen) atoms. The zero-order valence-electron chi connectivity index (χ0n) is 12.2. The highest BCUT2D eigenvalue weighted by Crippen LogP contribution is 2.36. The van der Waals surface area contributed by atoms with E-state index in [9.17, 15) is 4.79 Å². The Kier molecular flexibility index (Phi) is 3.83. The van der Waals surface area contributed by atoms with Gasteiger partial charge in [-0.15, -0.1) is 6.58 Å². The highest BCUT2D eigenvalue weighted by atomic mass is 16.5. The van der Waals surface area contributed by atoms with Crippen molar-refractivity contribution in [3.05, 3.63) is 66.7 Å². The molecule has 1 aliphatic rings. The van der Waals surface area contributed by atoms with Gasteiger partial charge in [0.15, 0.2) is 6.10 Å². The molecule has 1 atom stereocenters. The second-order valence-electron chi connectivity index (χ2n) is 5.26. The number of hydrogen-bond donors (Lipinski definition) is 1. The number of rotatable bonds is 4. The maximum absolute atomic E-state index is 12.7. The van der Waals surface area contributed by atoms with Crippen molar-refractivity contribution in [2.75, 3.05) is 17.2 Å². The zero-order chi connectivity index (χ0) is 15.5. The first kappa shape index (κ1) is 14.2. The SMILES string of the molecule is C=CCN1C(=O)C(Cc2ccccc2)Oc2ccc(N)cc21. The van der Waals surface area contributed by atoms with Gasteiger partial charge in [0.1, 0.15) is 5.75 Å². The quantitative estimate of drug-likeness (QED) is 0.697. The fraction of sp³-hybridized carbons (Fsp3) is 0.167. The minimum atomic E-state index is -0.529. The molecule has 0 spiro atoms. The lowest BCUT2D eigenvalue weighted by molar-refractivity contribution is -0.126. The van der Waals surface area contributed by atoms with Crippen molar-refractivity contribution in [2.45, 2.75) is 12.5 Å². The normalized spacial score (nSPS) is 16.8. The molecule has 0 aromatic heterocycles. The Morgan fingerprint density at radius 3 is 2.73 bits per heavy atom. The van der Waals surface area contributed by atoms with Gasteiger partial charge in [-0.05, 0) is 23.8 Å². The smallest absolute Gasteiger partial charge is 0.268 e. The van der Waals surface area contributed by atoms with Crippen LogP contribution in [0.3, 0.4) is 0 Å². The summed E-state index contributed by atoms with van der Waals surface area (Å²) in [4.78, 5) is 14.4. The lowest BCUT2D eigenvalue weighted by atomic mass is 10.0. The molecule has 0 saturated carbocycles. The van der Waals surface area contributed by atoms with Crippen molar-refractivity contribution < 1.29 is 9.53 Å². The van der Waals surface area contributed by atoms with E-state index >= 15 is 0 Å². The van der Waals surface area contributed by atoms with Gasteiger partial charge in [0.05, 0.1) is 5.69 Å². The Morgan fingerprint density at radius 1 is 1.23 bits per heavy atom. The first-order valence-corrected chi connectivity index (χ1v) is 7.21. The highest BCUT2D eigenvalue weighted by Gasteiger charge is 2.33. The van der Waals surface area contributed by atoms with Crippen LogP contribution in [0.25, 0.3) is 0 Å². The number of nitrogens with two attached hydrogens (primary N) is 1. The van der Waals surface area contributed by atoms with E-state index in [-0.39, 0.29) is 5.91 Å². The van der Waals surface area contributed by atoms with Crippen LogP contribution < -0.4 is 15.4 Å². The van der Waals surface area contributed by atoms with Crippen molar-refractivity contribution >= 4 is 17.3 Å². The summed E-state index contributed by atoms with van der Waals surface area (Å²) in [6, 6.07) is 15.2. The topological polar surface area (TPSA) is 55.6 Å². The number of nitrogens with zero attached hydrogens (tertiary/aromatic N) is 1. The third-order valence-electron chi connectivity index (χ3n) is 3.66. The Hall–Kier alpha value is -2.75. The Morgan fingerprint density at radius 2 is 2.00 bits per heavy atom. The molecule has 1 unspecified atom stereocenters. The molecule has 4 nitrogen and oxygen atoms in total. The van der Waals surface area contributed by atoms with Crippen LogP contribution in [-0.4, -0.2) is 18.6 Å². The minimum absolute atomic E-state index is 0.0677. The molecule has 3 rings (SSSR count). The number of benzene rings is 2. The van der Waals surface area contributed by atoms with Crippen LogP contribution in [-0.2, 0) is 11.2 Å². The van der Waals surface area contributed by atoms with Gasteiger partial charge in [0.25, 0.3) is 5.91 Å². The molecule has 0 radical (unpaired) electrons. The molecule has 4 heteroatoms. The lowest BCUT2D eigenvalue weighted by Crippen LogP contribution is -2.47. The van der Waals surface area contributed by atoms with E-state index in [2.05, 4.69) is 6.58 Å². The standard InChI is InChI=1S/C18H18N2O2/c1-2-10-20-15-12-14(19)8-9-16(15)22-17(18(20)21)11-13-6-4-3-5-7-13/h2-9,12,17H,1,10-11,19H2. The van der Waals surface area contributed by atoms with Crippen molar-refractivity contribution in [3.63, 3.8) is 0 Å². The molecule has 2 N–H and O–H groups in total. The summed E-state index contributed by atoms with van der Waals surface area (Å²) in [5.74, 6) is 0.610. The number of hydrogen-bond acceptors (Lipinski definition) is 3. The second-order valence-corrected chi connectivity index (χ2v) is 5.26. The van der Waals surface area contributed by atoms with E-state index in [1.807, 2.05) is 36.4 Å². The highest BCUT2D eigenvalue weighted by molar-refractivity contribution is 6.00. The molecule has 0 aliphatic carbocycles. The number of carbonyl (C=O) groups excluding carboxylic acids is 1.